The van der Waals surface area contributed by atoms with Crippen LogP contribution >= 0.6 is 23.4 Å². The molecule has 0 aliphatic carbocycles. The van der Waals surface area contributed by atoms with Crippen LogP contribution in [0.3, 0.4) is 0 Å². The van der Waals surface area contributed by atoms with Crippen LogP contribution in [0.4, 0.5) is 0 Å². The van der Waals surface area contributed by atoms with Crippen LogP contribution < -0.4 is 0 Å². The molecule has 3 rings (SSSR count). The third-order valence-electron chi connectivity index (χ3n) is 3.45. The Morgan fingerprint density at radius 3 is 2.95 bits per heavy atom. The molecule has 110 valence electrons. The van der Waals surface area contributed by atoms with Gasteiger partial charge in [0.05, 0.1) is 11.6 Å². The standard InChI is InChI=1S/C15H15ClN2O2S/c1-10-2-4-13(20-10)12-9-21-7-6-18(12)15(19)11-3-5-14(16)17-8-11/h2-5,8,12H,6-7,9H2,1H3/t12-/m0/s1. The van der Waals surface area contributed by atoms with Crippen molar-refractivity contribution in [3.63, 3.8) is 0 Å². The number of furan rings is 1. The van der Waals surface area contributed by atoms with E-state index in [2.05, 4.69) is 4.98 Å². The zero-order valence-electron chi connectivity index (χ0n) is 11.6. The SMILES string of the molecule is Cc1ccc([C@@H]2CSCCN2C(=O)c2ccc(Cl)nc2)o1. The Hall–Kier alpha value is -1.46. The van der Waals surface area contributed by atoms with E-state index in [-0.39, 0.29) is 11.9 Å². The van der Waals surface area contributed by atoms with Gasteiger partial charge in [0.2, 0.25) is 0 Å². The summed E-state index contributed by atoms with van der Waals surface area (Å²) >= 11 is 7.61. The molecule has 1 atom stereocenters. The van der Waals surface area contributed by atoms with E-state index >= 15 is 0 Å². The fourth-order valence-electron chi connectivity index (χ4n) is 2.38. The highest BCUT2D eigenvalue weighted by atomic mass is 35.5. The summed E-state index contributed by atoms with van der Waals surface area (Å²) in [6.07, 6.45) is 1.52. The number of amides is 1. The molecule has 1 aliphatic rings. The summed E-state index contributed by atoms with van der Waals surface area (Å²) in [5, 5.41) is 0.388. The van der Waals surface area contributed by atoms with E-state index in [9.17, 15) is 4.79 Å². The maximum absolute atomic E-state index is 12.7. The number of hydrogen-bond acceptors (Lipinski definition) is 4. The number of hydrogen-bond donors (Lipinski definition) is 0. The Labute approximate surface area is 132 Å². The molecule has 1 fully saturated rings. The molecule has 21 heavy (non-hydrogen) atoms. The predicted octanol–water partition coefficient (Wildman–Crippen LogP) is 3.57. The summed E-state index contributed by atoms with van der Waals surface area (Å²) in [4.78, 5) is 18.5. The summed E-state index contributed by atoms with van der Waals surface area (Å²) in [7, 11) is 0. The lowest BCUT2D eigenvalue weighted by Crippen LogP contribution is -2.40. The van der Waals surface area contributed by atoms with Gasteiger partial charge in [0.1, 0.15) is 16.7 Å². The molecule has 0 aromatic carbocycles. The van der Waals surface area contributed by atoms with Crippen LogP contribution in [0.1, 0.15) is 27.9 Å². The van der Waals surface area contributed by atoms with Gasteiger partial charge in [-0.2, -0.15) is 11.8 Å². The van der Waals surface area contributed by atoms with Crippen molar-refractivity contribution >= 4 is 29.3 Å². The maximum Gasteiger partial charge on any atom is 0.256 e. The molecule has 0 saturated carbocycles. The molecule has 2 aromatic heterocycles. The average molecular weight is 323 g/mol. The first-order valence-corrected chi connectivity index (χ1v) is 8.25. The molecular weight excluding hydrogens is 308 g/mol. The molecule has 4 nitrogen and oxygen atoms in total. The van der Waals surface area contributed by atoms with Crippen molar-refractivity contribution in [2.45, 2.75) is 13.0 Å². The molecule has 1 amide bonds. The van der Waals surface area contributed by atoms with Crippen LogP contribution in [0.5, 0.6) is 0 Å². The quantitative estimate of drug-likeness (QED) is 0.793. The van der Waals surface area contributed by atoms with Crippen molar-refractivity contribution in [2.24, 2.45) is 0 Å². The molecule has 1 aliphatic heterocycles. The number of pyridine rings is 1. The van der Waals surface area contributed by atoms with E-state index in [0.29, 0.717) is 17.3 Å². The van der Waals surface area contributed by atoms with Gasteiger partial charge in [-0.25, -0.2) is 4.98 Å². The van der Waals surface area contributed by atoms with Gasteiger partial charge >= 0.3 is 0 Å². The van der Waals surface area contributed by atoms with E-state index in [4.69, 9.17) is 16.0 Å². The summed E-state index contributed by atoms with van der Waals surface area (Å²) in [5.74, 6) is 3.46. The van der Waals surface area contributed by atoms with Crippen molar-refractivity contribution in [3.8, 4) is 0 Å². The van der Waals surface area contributed by atoms with Crippen LogP contribution in [0.25, 0.3) is 0 Å². The molecule has 2 aromatic rings. The van der Waals surface area contributed by atoms with E-state index in [1.54, 1.807) is 12.1 Å². The van der Waals surface area contributed by atoms with Crippen LogP contribution in [0.2, 0.25) is 5.15 Å². The Morgan fingerprint density at radius 1 is 1.43 bits per heavy atom. The number of nitrogens with zero attached hydrogens (tertiary/aromatic N) is 2. The maximum atomic E-state index is 12.7. The predicted molar refractivity (Wildman–Crippen MR) is 83.8 cm³/mol. The minimum Gasteiger partial charge on any atom is -0.464 e. The van der Waals surface area contributed by atoms with Gasteiger partial charge in [0, 0.05) is 24.2 Å². The minimum absolute atomic E-state index is 0.0272. The number of halogens is 1. The third-order valence-corrected chi connectivity index (χ3v) is 4.70. The van der Waals surface area contributed by atoms with Gasteiger partial charge in [-0.15, -0.1) is 0 Å². The van der Waals surface area contributed by atoms with Crippen molar-refractivity contribution in [2.75, 3.05) is 18.1 Å². The smallest absolute Gasteiger partial charge is 0.256 e. The molecule has 6 heteroatoms. The highest BCUT2D eigenvalue weighted by molar-refractivity contribution is 7.99. The Balaban J connectivity index is 1.87. The van der Waals surface area contributed by atoms with E-state index in [0.717, 1.165) is 23.0 Å². The first kappa shape index (κ1) is 14.5. The fourth-order valence-corrected chi connectivity index (χ4v) is 3.55. The van der Waals surface area contributed by atoms with Crippen molar-refractivity contribution in [1.82, 2.24) is 9.88 Å². The van der Waals surface area contributed by atoms with Crippen LogP contribution in [-0.2, 0) is 0 Å². The van der Waals surface area contributed by atoms with E-state index < -0.39 is 0 Å². The number of rotatable bonds is 2. The average Bonchev–Trinajstić information content (AvgIpc) is 2.94. The van der Waals surface area contributed by atoms with Gasteiger partial charge in [-0.1, -0.05) is 11.6 Å². The second-order valence-electron chi connectivity index (χ2n) is 4.91. The molecule has 0 N–H and O–H groups in total. The topological polar surface area (TPSA) is 46.3 Å². The molecular formula is C15H15ClN2O2S. The van der Waals surface area contributed by atoms with Gasteiger partial charge in [-0.05, 0) is 31.2 Å². The van der Waals surface area contributed by atoms with Crippen LogP contribution in [-0.4, -0.2) is 33.8 Å². The lowest BCUT2D eigenvalue weighted by Gasteiger charge is -2.34. The number of carbonyl (C=O) groups is 1. The lowest BCUT2D eigenvalue weighted by molar-refractivity contribution is 0.0681. The van der Waals surface area contributed by atoms with E-state index in [1.807, 2.05) is 35.7 Å². The first-order chi connectivity index (χ1) is 10.1. The Morgan fingerprint density at radius 2 is 2.29 bits per heavy atom. The van der Waals surface area contributed by atoms with Gasteiger partial charge in [-0.3, -0.25) is 4.79 Å². The minimum atomic E-state index is -0.0291. The highest BCUT2D eigenvalue weighted by Gasteiger charge is 2.31. The second kappa shape index (κ2) is 6.12. The Kier molecular flexibility index (Phi) is 4.22. The molecule has 0 radical (unpaired) electrons. The normalized spacial score (nSPS) is 18.8. The van der Waals surface area contributed by atoms with E-state index in [1.165, 1.54) is 6.20 Å². The van der Waals surface area contributed by atoms with Crippen LogP contribution in [0.15, 0.2) is 34.9 Å². The summed E-state index contributed by atoms with van der Waals surface area (Å²) in [5.41, 5.74) is 0.555. The molecule has 1 saturated heterocycles. The molecule has 0 unspecified atom stereocenters. The molecule has 0 spiro atoms. The van der Waals surface area contributed by atoms with Crippen LogP contribution in [0, 0.1) is 6.92 Å². The number of carbonyl (C=O) groups excluding carboxylic acids is 1. The van der Waals surface area contributed by atoms with Gasteiger partial charge in [0.25, 0.3) is 5.91 Å². The number of aryl methyl sites for hydroxylation is 1. The van der Waals surface area contributed by atoms with Crippen molar-refractivity contribution < 1.29 is 9.21 Å². The lowest BCUT2D eigenvalue weighted by atomic mass is 10.1. The number of thioether (sulfide) groups is 1. The Bertz CT molecular complexity index is 641. The second-order valence-corrected chi connectivity index (χ2v) is 6.44. The third kappa shape index (κ3) is 3.09. The van der Waals surface area contributed by atoms with Gasteiger partial charge in [0.15, 0.2) is 0 Å². The summed E-state index contributed by atoms with van der Waals surface area (Å²) < 4.78 is 5.71. The van der Waals surface area contributed by atoms with Crippen molar-refractivity contribution in [3.05, 3.63) is 52.7 Å². The zero-order valence-corrected chi connectivity index (χ0v) is 13.2. The summed E-state index contributed by atoms with van der Waals surface area (Å²) in [6, 6.07) is 7.21. The molecule has 0 bridgehead atoms. The summed E-state index contributed by atoms with van der Waals surface area (Å²) in [6.45, 7) is 2.62. The largest absolute Gasteiger partial charge is 0.464 e. The zero-order chi connectivity index (χ0) is 14.8. The fraction of sp³-hybridized carbons (Fsp3) is 0.333. The monoisotopic (exact) mass is 322 g/mol. The first-order valence-electron chi connectivity index (χ1n) is 6.72. The molecule has 3 heterocycles. The number of aromatic nitrogens is 1. The highest BCUT2D eigenvalue weighted by Crippen LogP contribution is 2.31. The van der Waals surface area contributed by atoms with Crippen molar-refractivity contribution in [1.29, 1.82) is 0 Å². The van der Waals surface area contributed by atoms with Gasteiger partial charge < -0.3 is 9.32 Å².